The molecule has 130 valence electrons. The number of pyridine rings is 1. The molecule has 6 heteroatoms. The number of hydrogen-bond donors (Lipinski definition) is 1. The summed E-state index contributed by atoms with van der Waals surface area (Å²) in [5, 5.41) is 2.85. The highest BCUT2D eigenvalue weighted by atomic mass is 16.2. The van der Waals surface area contributed by atoms with Gasteiger partial charge in [-0.1, -0.05) is 0 Å². The van der Waals surface area contributed by atoms with Gasteiger partial charge in [-0.25, -0.2) is 0 Å². The summed E-state index contributed by atoms with van der Waals surface area (Å²) in [4.78, 5) is 37.5. The molecule has 1 N–H and O–H groups in total. The number of aromatic nitrogens is 1. The molecule has 0 bridgehead atoms. The van der Waals surface area contributed by atoms with Gasteiger partial charge in [-0.05, 0) is 43.5 Å². The highest BCUT2D eigenvalue weighted by Gasteiger charge is 2.20. The van der Waals surface area contributed by atoms with Crippen molar-refractivity contribution in [3.63, 3.8) is 0 Å². The largest absolute Gasteiger partial charge is 0.345 e. The number of aryl methyl sites for hydroxylation is 1. The number of rotatable bonds is 4. The van der Waals surface area contributed by atoms with Crippen molar-refractivity contribution in [3.05, 3.63) is 64.1 Å². The second-order valence-corrected chi connectivity index (χ2v) is 6.28. The molecule has 1 aliphatic heterocycles. The Balaban J connectivity index is 1.66. The number of nitrogens with one attached hydrogen (secondary N) is 1. The molecule has 1 aromatic heterocycles. The van der Waals surface area contributed by atoms with Crippen molar-refractivity contribution in [3.8, 4) is 0 Å². The van der Waals surface area contributed by atoms with E-state index in [4.69, 9.17) is 0 Å². The van der Waals surface area contributed by atoms with Crippen LogP contribution in [0.5, 0.6) is 0 Å². The van der Waals surface area contributed by atoms with E-state index in [1.165, 1.54) is 12.1 Å². The topological polar surface area (TPSA) is 71.4 Å². The predicted molar refractivity (Wildman–Crippen MR) is 95.6 cm³/mol. The van der Waals surface area contributed by atoms with Crippen LogP contribution in [-0.2, 0) is 11.3 Å². The van der Waals surface area contributed by atoms with Crippen LogP contribution in [0.4, 0.5) is 5.69 Å². The van der Waals surface area contributed by atoms with E-state index in [0.29, 0.717) is 11.3 Å². The van der Waals surface area contributed by atoms with Crippen LogP contribution in [0.2, 0.25) is 0 Å². The molecule has 0 saturated carbocycles. The lowest BCUT2D eigenvalue weighted by molar-refractivity contribution is -0.116. The van der Waals surface area contributed by atoms with Gasteiger partial charge >= 0.3 is 0 Å². The van der Waals surface area contributed by atoms with Crippen LogP contribution >= 0.6 is 0 Å². The highest BCUT2D eigenvalue weighted by molar-refractivity contribution is 5.96. The standard InChI is InChI=1S/C19H21N3O3/c1-14-12-15(19(25)22-8-2-3-9-22)4-5-17(14)20-18(24)13-21-10-6-16(23)7-11-21/h4-7,10-12H,2-3,8-9,13H2,1H3,(H,20,24). The normalized spacial score (nSPS) is 13.7. The average molecular weight is 339 g/mol. The number of likely N-dealkylation sites (tertiary alicyclic amines) is 1. The van der Waals surface area contributed by atoms with E-state index in [2.05, 4.69) is 5.32 Å². The molecule has 1 aromatic carbocycles. The second-order valence-electron chi connectivity index (χ2n) is 6.28. The Morgan fingerprint density at radius 1 is 1.08 bits per heavy atom. The first-order chi connectivity index (χ1) is 12.0. The summed E-state index contributed by atoms with van der Waals surface area (Å²) in [7, 11) is 0. The summed E-state index contributed by atoms with van der Waals surface area (Å²) in [5.41, 5.74) is 2.09. The highest BCUT2D eigenvalue weighted by Crippen LogP contribution is 2.19. The number of nitrogens with zero attached hydrogens (tertiary/aromatic N) is 2. The lowest BCUT2D eigenvalue weighted by Gasteiger charge is -2.16. The summed E-state index contributed by atoms with van der Waals surface area (Å²) in [6.07, 6.45) is 5.27. The van der Waals surface area contributed by atoms with Gasteiger partial charge in [0.05, 0.1) is 0 Å². The van der Waals surface area contributed by atoms with Gasteiger partial charge in [0.1, 0.15) is 6.54 Å². The fourth-order valence-corrected chi connectivity index (χ4v) is 2.94. The third-order valence-electron chi connectivity index (χ3n) is 4.33. The van der Waals surface area contributed by atoms with Gasteiger partial charge < -0.3 is 14.8 Å². The maximum Gasteiger partial charge on any atom is 0.253 e. The van der Waals surface area contributed by atoms with Crippen molar-refractivity contribution in [2.24, 2.45) is 0 Å². The summed E-state index contributed by atoms with van der Waals surface area (Å²) < 4.78 is 1.64. The van der Waals surface area contributed by atoms with Crippen LogP contribution in [0.1, 0.15) is 28.8 Å². The zero-order valence-electron chi connectivity index (χ0n) is 14.2. The molecule has 1 fully saturated rings. The summed E-state index contributed by atoms with van der Waals surface area (Å²) in [6.45, 7) is 3.62. The van der Waals surface area contributed by atoms with Crippen molar-refractivity contribution in [2.45, 2.75) is 26.3 Å². The number of anilines is 1. The Bertz CT molecular complexity index is 831. The van der Waals surface area contributed by atoms with Crippen molar-refractivity contribution < 1.29 is 9.59 Å². The Morgan fingerprint density at radius 2 is 1.76 bits per heavy atom. The van der Waals surface area contributed by atoms with E-state index >= 15 is 0 Å². The molecule has 0 spiro atoms. The van der Waals surface area contributed by atoms with Crippen molar-refractivity contribution in [2.75, 3.05) is 18.4 Å². The third-order valence-corrected chi connectivity index (χ3v) is 4.33. The van der Waals surface area contributed by atoms with Gasteiger partial charge in [-0.3, -0.25) is 14.4 Å². The maximum absolute atomic E-state index is 12.4. The van der Waals surface area contributed by atoms with Crippen molar-refractivity contribution >= 4 is 17.5 Å². The maximum atomic E-state index is 12.4. The Hall–Kier alpha value is -2.89. The van der Waals surface area contributed by atoms with Gasteiger partial charge in [0.25, 0.3) is 5.91 Å². The molecule has 6 nitrogen and oxygen atoms in total. The smallest absolute Gasteiger partial charge is 0.253 e. The van der Waals surface area contributed by atoms with Gasteiger partial charge in [0, 0.05) is 48.9 Å². The summed E-state index contributed by atoms with van der Waals surface area (Å²) >= 11 is 0. The van der Waals surface area contributed by atoms with Gasteiger partial charge in [-0.2, -0.15) is 0 Å². The molecule has 2 aromatic rings. The molecular weight excluding hydrogens is 318 g/mol. The first-order valence-electron chi connectivity index (χ1n) is 8.39. The average Bonchev–Trinajstić information content (AvgIpc) is 3.12. The molecule has 0 aliphatic carbocycles. The van der Waals surface area contributed by atoms with E-state index in [1.54, 1.807) is 29.1 Å². The molecule has 0 radical (unpaired) electrons. The molecule has 25 heavy (non-hydrogen) atoms. The van der Waals surface area contributed by atoms with E-state index in [0.717, 1.165) is 31.5 Å². The van der Waals surface area contributed by atoms with E-state index in [-0.39, 0.29) is 23.8 Å². The van der Waals surface area contributed by atoms with Crippen LogP contribution in [0.15, 0.2) is 47.5 Å². The summed E-state index contributed by atoms with van der Waals surface area (Å²) in [6, 6.07) is 8.16. The molecular formula is C19H21N3O3. The Morgan fingerprint density at radius 3 is 2.40 bits per heavy atom. The fraction of sp³-hybridized carbons (Fsp3) is 0.316. The lowest BCUT2D eigenvalue weighted by atomic mass is 10.1. The number of benzene rings is 1. The van der Waals surface area contributed by atoms with Gasteiger partial charge in [-0.15, -0.1) is 0 Å². The van der Waals surface area contributed by atoms with Crippen molar-refractivity contribution in [1.29, 1.82) is 0 Å². The lowest BCUT2D eigenvalue weighted by Crippen LogP contribution is -2.27. The fourth-order valence-electron chi connectivity index (χ4n) is 2.94. The molecule has 3 rings (SSSR count). The van der Waals surface area contributed by atoms with E-state index in [9.17, 15) is 14.4 Å². The minimum absolute atomic E-state index is 0.0479. The third kappa shape index (κ3) is 4.15. The zero-order valence-corrected chi connectivity index (χ0v) is 14.2. The SMILES string of the molecule is Cc1cc(C(=O)N2CCCC2)ccc1NC(=O)Cn1ccc(=O)cc1. The van der Waals surface area contributed by atoms with Gasteiger partial charge in [0.2, 0.25) is 5.91 Å². The predicted octanol–water partition coefficient (Wildman–Crippen LogP) is 2.03. The number of carbonyl (C=O) groups excluding carboxylic acids is 2. The first kappa shape index (κ1) is 17.0. The first-order valence-corrected chi connectivity index (χ1v) is 8.39. The number of amides is 2. The minimum atomic E-state index is -0.189. The van der Waals surface area contributed by atoms with Crippen LogP contribution in [-0.4, -0.2) is 34.4 Å². The molecule has 1 aliphatic rings. The van der Waals surface area contributed by atoms with Crippen LogP contribution in [0.3, 0.4) is 0 Å². The molecule has 2 heterocycles. The molecule has 1 saturated heterocycles. The van der Waals surface area contributed by atoms with Gasteiger partial charge in [0.15, 0.2) is 5.43 Å². The number of hydrogen-bond acceptors (Lipinski definition) is 3. The molecule has 2 amide bonds. The Labute approximate surface area is 146 Å². The second kappa shape index (κ2) is 7.34. The van der Waals surface area contributed by atoms with Crippen molar-refractivity contribution in [1.82, 2.24) is 9.47 Å². The molecule has 0 atom stereocenters. The number of carbonyl (C=O) groups is 2. The van der Waals surface area contributed by atoms with Crippen LogP contribution < -0.4 is 10.7 Å². The minimum Gasteiger partial charge on any atom is -0.345 e. The molecule has 0 unspecified atom stereocenters. The zero-order chi connectivity index (χ0) is 17.8. The van der Waals surface area contributed by atoms with Crippen LogP contribution in [0, 0.1) is 6.92 Å². The quantitative estimate of drug-likeness (QED) is 0.926. The monoisotopic (exact) mass is 339 g/mol. The van der Waals surface area contributed by atoms with E-state index in [1.807, 2.05) is 17.9 Å². The van der Waals surface area contributed by atoms with Crippen LogP contribution in [0.25, 0.3) is 0 Å². The van der Waals surface area contributed by atoms with E-state index < -0.39 is 0 Å². The summed E-state index contributed by atoms with van der Waals surface area (Å²) in [5.74, 6) is -0.142. The Kier molecular flexibility index (Phi) is 4.97.